The van der Waals surface area contributed by atoms with Crippen molar-refractivity contribution in [1.82, 2.24) is 0 Å². The van der Waals surface area contributed by atoms with Gasteiger partial charge in [0.25, 0.3) is 0 Å². The van der Waals surface area contributed by atoms with Crippen molar-refractivity contribution in [1.29, 1.82) is 0 Å². The van der Waals surface area contributed by atoms with Gasteiger partial charge in [0.2, 0.25) is 0 Å². The molecule has 0 aromatic rings. The summed E-state index contributed by atoms with van der Waals surface area (Å²) < 4.78 is 9.60. The smallest absolute Gasteiger partial charge is 0.337 e. The lowest BCUT2D eigenvalue weighted by molar-refractivity contribution is -0.155. The molecule has 0 bridgehead atoms. The summed E-state index contributed by atoms with van der Waals surface area (Å²) in [6.45, 7) is 3.66. The largest absolute Gasteiger partial charge is 0.464 e. The molecule has 0 aromatic carbocycles. The molecule has 0 aromatic heterocycles. The summed E-state index contributed by atoms with van der Waals surface area (Å²) in [6, 6.07) is -0.236. The van der Waals surface area contributed by atoms with Crippen molar-refractivity contribution < 1.29 is 19.4 Å². The summed E-state index contributed by atoms with van der Waals surface area (Å²) in [5.41, 5.74) is 5.48. The number of hydrogen-bond acceptors (Lipinski definition) is 6. The highest BCUT2D eigenvalue weighted by Crippen LogP contribution is 1.93. The topological polar surface area (TPSA) is 81.8 Å². The molecule has 15 heavy (non-hydrogen) atoms. The molecule has 0 aliphatic carbocycles. The average molecular weight is 235 g/mol. The molecule has 0 saturated heterocycles. The van der Waals surface area contributed by atoms with Crippen LogP contribution in [-0.4, -0.2) is 47.9 Å². The van der Waals surface area contributed by atoms with Crippen LogP contribution >= 0.6 is 12.2 Å². The minimum Gasteiger partial charge on any atom is -0.464 e. The van der Waals surface area contributed by atoms with Crippen LogP contribution in [0.15, 0.2) is 0 Å². The zero-order chi connectivity index (χ0) is 11.8. The lowest BCUT2D eigenvalue weighted by Crippen LogP contribution is -2.32. The van der Waals surface area contributed by atoms with Gasteiger partial charge in [-0.2, -0.15) is 0 Å². The van der Waals surface area contributed by atoms with Gasteiger partial charge >= 0.3 is 5.97 Å². The first-order valence-corrected chi connectivity index (χ1v) is 5.10. The molecule has 0 aliphatic rings. The van der Waals surface area contributed by atoms with Gasteiger partial charge in [-0.1, -0.05) is 12.2 Å². The first-order chi connectivity index (χ1) is 6.99. The van der Waals surface area contributed by atoms with Gasteiger partial charge in [-0.15, -0.1) is 0 Å². The number of nitrogens with two attached hydrogens (primary N) is 1. The van der Waals surface area contributed by atoms with Crippen LogP contribution in [0.3, 0.4) is 0 Å². The Morgan fingerprint density at radius 1 is 1.60 bits per heavy atom. The van der Waals surface area contributed by atoms with Gasteiger partial charge in [-0.25, -0.2) is 4.79 Å². The van der Waals surface area contributed by atoms with Crippen molar-refractivity contribution in [2.24, 2.45) is 5.73 Å². The number of carbonyl (C=O) groups excluding carboxylic acids is 1. The Morgan fingerprint density at radius 2 is 2.20 bits per heavy atom. The van der Waals surface area contributed by atoms with E-state index >= 15 is 0 Å². The summed E-state index contributed by atoms with van der Waals surface area (Å²) >= 11 is 4.90. The van der Waals surface area contributed by atoms with Gasteiger partial charge in [0, 0.05) is 10.9 Å². The minimum atomic E-state index is -1.26. The van der Waals surface area contributed by atoms with E-state index in [0.717, 1.165) is 0 Å². The number of rotatable bonds is 7. The molecular weight excluding hydrogens is 218 g/mol. The SMILES string of the molecule is CCOC(=O)C(O)COCC(=S)[C@H](C)N. The predicted octanol–water partition coefficient (Wildman–Crippen LogP) is -0.356. The van der Waals surface area contributed by atoms with Crippen molar-refractivity contribution in [3.05, 3.63) is 0 Å². The molecule has 88 valence electrons. The Hall–Kier alpha value is -0.560. The molecule has 1 unspecified atom stereocenters. The zero-order valence-corrected chi connectivity index (χ0v) is 9.75. The standard InChI is InChI=1S/C9H17NO4S/c1-3-14-9(12)7(11)4-13-5-8(15)6(2)10/h6-7,11H,3-5,10H2,1-2H3/t6-,7?/m0/s1. The Bertz CT molecular complexity index is 220. The quantitative estimate of drug-likeness (QED) is 0.463. The van der Waals surface area contributed by atoms with E-state index < -0.39 is 12.1 Å². The third-order valence-corrected chi connectivity index (χ3v) is 2.08. The summed E-state index contributed by atoms with van der Waals surface area (Å²) in [4.78, 5) is 11.5. The highest BCUT2D eigenvalue weighted by Gasteiger charge is 2.16. The van der Waals surface area contributed by atoms with Crippen LogP contribution in [0.25, 0.3) is 0 Å². The van der Waals surface area contributed by atoms with Crippen molar-refractivity contribution in [3.63, 3.8) is 0 Å². The molecule has 0 fully saturated rings. The minimum absolute atomic E-state index is 0.133. The van der Waals surface area contributed by atoms with E-state index in [1.54, 1.807) is 13.8 Å². The second-order valence-electron chi connectivity index (χ2n) is 3.04. The molecule has 0 spiro atoms. The number of ether oxygens (including phenoxy) is 2. The first-order valence-electron chi connectivity index (χ1n) is 4.69. The molecular formula is C9H17NO4S. The van der Waals surface area contributed by atoms with Crippen LogP contribution in [-0.2, 0) is 14.3 Å². The molecule has 6 heteroatoms. The molecule has 0 radical (unpaired) electrons. The van der Waals surface area contributed by atoms with E-state index in [-0.39, 0.29) is 25.9 Å². The van der Waals surface area contributed by atoms with Gasteiger partial charge in [-0.05, 0) is 13.8 Å². The van der Waals surface area contributed by atoms with Crippen LogP contribution in [0.5, 0.6) is 0 Å². The van der Waals surface area contributed by atoms with Crippen LogP contribution in [0.1, 0.15) is 13.8 Å². The summed E-state index contributed by atoms with van der Waals surface area (Å²) in [5, 5.41) is 9.23. The van der Waals surface area contributed by atoms with Crippen molar-refractivity contribution in [2.45, 2.75) is 26.0 Å². The van der Waals surface area contributed by atoms with Gasteiger partial charge in [0.05, 0.1) is 19.8 Å². The molecule has 2 atom stereocenters. The second kappa shape index (κ2) is 7.70. The van der Waals surface area contributed by atoms with E-state index in [1.807, 2.05) is 0 Å². The maximum atomic E-state index is 10.9. The van der Waals surface area contributed by atoms with E-state index in [1.165, 1.54) is 0 Å². The second-order valence-corrected chi connectivity index (χ2v) is 3.56. The number of aliphatic hydroxyl groups excluding tert-OH is 1. The van der Waals surface area contributed by atoms with Gasteiger partial charge in [0.1, 0.15) is 0 Å². The molecule has 0 saturated carbocycles. The van der Waals surface area contributed by atoms with Gasteiger partial charge < -0.3 is 20.3 Å². The van der Waals surface area contributed by atoms with Crippen LogP contribution in [0, 0.1) is 0 Å². The first kappa shape index (κ1) is 14.4. The number of carbonyl (C=O) groups is 1. The van der Waals surface area contributed by atoms with Crippen molar-refractivity contribution in [2.75, 3.05) is 19.8 Å². The highest BCUT2D eigenvalue weighted by atomic mass is 32.1. The zero-order valence-electron chi connectivity index (χ0n) is 8.93. The maximum Gasteiger partial charge on any atom is 0.337 e. The van der Waals surface area contributed by atoms with Crippen LogP contribution in [0.2, 0.25) is 0 Å². The fourth-order valence-electron chi connectivity index (χ4n) is 0.709. The van der Waals surface area contributed by atoms with E-state index in [9.17, 15) is 9.90 Å². The third kappa shape index (κ3) is 6.51. The Labute approximate surface area is 94.5 Å². The van der Waals surface area contributed by atoms with Gasteiger partial charge in [-0.3, -0.25) is 0 Å². The number of hydrogen-bond donors (Lipinski definition) is 2. The lowest BCUT2D eigenvalue weighted by Gasteiger charge is -2.11. The predicted molar refractivity (Wildman–Crippen MR) is 59.7 cm³/mol. The Kier molecular flexibility index (Phi) is 7.41. The maximum absolute atomic E-state index is 10.9. The van der Waals surface area contributed by atoms with E-state index in [2.05, 4.69) is 4.74 Å². The van der Waals surface area contributed by atoms with Crippen LogP contribution < -0.4 is 5.73 Å². The van der Waals surface area contributed by atoms with E-state index in [4.69, 9.17) is 22.7 Å². The summed E-state index contributed by atoms with van der Waals surface area (Å²) in [5.74, 6) is -0.691. The fraction of sp³-hybridized carbons (Fsp3) is 0.778. The molecule has 0 amide bonds. The molecule has 3 N–H and O–H groups in total. The average Bonchev–Trinajstić information content (AvgIpc) is 2.17. The number of esters is 1. The highest BCUT2D eigenvalue weighted by molar-refractivity contribution is 7.80. The summed E-state index contributed by atoms with van der Waals surface area (Å²) in [6.07, 6.45) is -1.26. The van der Waals surface area contributed by atoms with Crippen molar-refractivity contribution in [3.8, 4) is 0 Å². The number of thiocarbonyl (C=S) groups is 1. The Balaban J connectivity index is 3.67. The van der Waals surface area contributed by atoms with Crippen molar-refractivity contribution >= 4 is 23.1 Å². The summed E-state index contributed by atoms with van der Waals surface area (Å²) in [7, 11) is 0. The molecule has 5 nitrogen and oxygen atoms in total. The van der Waals surface area contributed by atoms with Crippen LogP contribution in [0.4, 0.5) is 0 Å². The molecule has 0 heterocycles. The lowest BCUT2D eigenvalue weighted by atomic mass is 10.3. The number of aliphatic hydroxyl groups is 1. The van der Waals surface area contributed by atoms with Gasteiger partial charge in [0.15, 0.2) is 6.10 Å². The fourth-order valence-corrected chi connectivity index (χ4v) is 0.792. The normalized spacial score (nSPS) is 14.4. The molecule has 0 aliphatic heterocycles. The van der Waals surface area contributed by atoms with E-state index in [0.29, 0.717) is 4.86 Å². The monoisotopic (exact) mass is 235 g/mol. The Morgan fingerprint density at radius 3 is 2.67 bits per heavy atom. The molecule has 0 rings (SSSR count). The third-order valence-electron chi connectivity index (χ3n) is 1.59.